The smallest absolute Gasteiger partial charge is 0.744 e. The number of ether oxygens (including phenoxy) is 1. The summed E-state index contributed by atoms with van der Waals surface area (Å²) in [4.78, 5) is -0.376. The zero-order valence-corrected chi connectivity index (χ0v) is 18.3. The third kappa shape index (κ3) is 8.05. The van der Waals surface area contributed by atoms with Gasteiger partial charge in [-0.1, -0.05) is 12.1 Å². The zero-order valence-electron chi connectivity index (χ0n) is 13.6. The van der Waals surface area contributed by atoms with E-state index in [0.29, 0.717) is 11.4 Å². The molecule has 0 amide bonds. The number of sulfonamides is 1. The quantitative estimate of drug-likeness (QED) is 0.320. The molecule has 2 aromatic rings. The van der Waals surface area contributed by atoms with Gasteiger partial charge in [0.05, 0.1) is 16.8 Å². The summed E-state index contributed by atoms with van der Waals surface area (Å²) in [5.41, 5.74) is 0.984. The maximum absolute atomic E-state index is 11.2. The molecule has 25 heavy (non-hydrogen) atoms. The summed E-state index contributed by atoms with van der Waals surface area (Å²) >= 11 is 0. The molecule has 0 aromatic heterocycles. The Balaban J connectivity index is 0.00000312. The van der Waals surface area contributed by atoms with Crippen molar-refractivity contribution in [1.82, 2.24) is 0 Å². The molecule has 0 fully saturated rings. The SMILES string of the molecule is CS(=O)(=O)Nc1cccc(NCOc2cccc(S(=O)(=O)[O-])c2)c1.[K+]. The van der Waals surface area contributed by atoms with Gasteiger partial charge in [0.1, 0.15) is 15.9 Å². The van der Waals surface area contributed by atoms with Crippen molar-refractivity contribution in [3.05, 3.63) is 48.5 Å². The average molecular weight is 411 g/mol. The van der Waals surface area contributed by atoms with Gasteiger partial charge in [0.15, 0.2) is 6.73 Å². The van der Waals surface area contributed by atoms with Crippen molar-refractivity contribution in [3.63, 3.8) is 0 Å². The van der Waals surface area contributed by atoms with Gasteiger partial charge in [0.2, 0.25) is 10.0 Å². The molecule has 0 aliphatic carbocycles. The first-order chi connectivity index (χ1) is 11.1. The standard InChI is InChI=1S/C14H16N2O6S2.K/c1-23(17,18)16-12-5-2-4-11(8-12)15-10-22-13-6-3-7-14(9-13)24(19,20)21;/h2-9,15-16H,10H2,1H3,(H,19,20,21);/q;+1/p-1. The summed E-state index contributed by atoms with van der Waals surface area (Å²) in [5.74, 6) is 0.213. The summed E-state index contributed by atoms with van der Waals surface area (Å²) in [6, 6.07) is 11.7. The fraction of sp³-hybridized carbons (Fsp3) is 0.143. The molecular formula is C14H15KN2O6S2. The zero-order chi connectivity index (χ0) is 17.8. The van der Waals surface area contributed by atoms with Crippen molar-refractivity contribution in [2.75, 3.05) is 23.0 Å². The van der Waals surface area contributed by atoms with Crippen LogP contribution < -0.4 is 66.2 Å². The van der Waals surface area contributed by atoms with Crippen molar-refractivity contribution in [1.29, 1.82) is 0 Å². The topological polar surface area (TPSA) is 125 Å². The van der Waals surface area contributed by atoms with Gasteiger partial charge in [0, 0.05) is 5.69 Å². The van der Waals surface area contributed by atoms with Crippen LogP contribution in [0.4, 0.5) is 11.4 Å². The van der Waals surface area contributed by atoms with Crippen LogP contribution in [-0.2, 0) is 20.1 Å². The first-order valence-electron chi connectivity index (χ1n) is 6.64. The summed E-state index contributed by atoms with van der Waals surface area (Å²) in [7, 11) is -7.91. The molecule has 130 valence electrons. The summed E-state index contributed by atoms with van der Waals surface area (Å²) in [6.07, 6.45) is 1.05. The Bertz CT molecular complexity index is 932. The van der Waals surface area contributed by atoms with Crippen molar-refractivity contribution < 1.29 is 77.5 Å². The monoisotopic (exact) mass is 410 g/mol. The number of hydrogen-bond acceptors (Lipinski definition) is 7. The fourth-order valence-electron chi connectivity index (χ4n) is 1.83. The summed E-state index contributed by atoms with van der Waals surface area (Å²) < 4.78 is 62.9. The minimum absolute atomic E-state index is 0. The predicted octanol–water partition coefficient (Wildman–Crippen LogP) is -1.59. The van der Waals surface area contributed by atoms with Gasteiger partial charge in [-0.15, -0.1) is 0 Å². The molecule has 2 rings (SSSR count). The molecule has 0 unspecified atom stereocenters. The second kappa shape index (κ2) is 9.32. The van der Waals surface area contributed by atoms with Gasteiger partial charge < -0.3 is 14.6 Å². The Hall–Kier alpha value is -0.664. The van der Waals surface area contributed by atoms with Crippen LogP contribution in [-0.4, -0.2) is 34.4 Å². The van der Waals surface area contributed by atoms with E-state index >= 15 is 0 Å². The summed E-state index contributed by atoms with van der Waals surface area (Å²) in [6.45, 7) is -0.00924. The Labute approximate surface area is 189 Å². The van der Waals surface area contributed by atoms with Gasteiger partial charge in [-0.2, -0.15) is 0 Å². The van der Waals surface area contributed by atoms with E-state index < -0.39 is 20.1 Å². The molecule has 0 heterocycles. The van der Waals surface area contributed by atoms with E-state index in [1.165, 1.54) is 18.2 Å². The largest absolute Gasteiger partial charge is 1.00 e. The Kier molecular flexibility index (Phi) is 8.35. The molecule has 0 aliphatic heterocycles. The number of benzene rings is 2. The molecule has 0 radical (unpaired) electrons. The van der Waals surface area contributed by atoms with E-state index in [1.54, 1.807) is 24.3 Å². The third-order valence-electron chi connectivity index (χ3n) is 2.78. The molecule has 0 bridgehead atoms. The van der Waals surface area contributed by atoms with E-state index in [0.717, 1.165) is 12.3 Å². The molecule has 0 saturated heterocycles. The van der Waals surface area contributed by atoms with Crippen molar-refractivity contribution >= 4 is 31.5 Å². The van der Waals surface area contributed by atoms with Crippen LogP contribution in [0.5, 0.6) is 5.75 Å². The fourth-order valence-corrected chi connectivity index (χ4v) is 2.89. The molecule has 2 N–H and O–H groups in total. The normalized spacial score (nSPS) is 11.3. The van der Waals surface area contributed by atoms with E-state index in [9.17, 15) is 21.4 Å². The van der Waals surface area contributed by atoms with E-state index in [4.69, 9.17) is 4.74 Å². The molecule has 0 spiro atoms. The van der Waals surface area contributed by atoms with Gasteiger partial charge in [-0.25, -0.2) is 16.8 Å². The second-order valence-corrected chi connectivity index (χ2v) is 7.98. The third-order valence-corrected chi connectivity index (χ3v) is 4.21. The van der Waals surface area contributed by atoms with E-state index in [-0.39, 0.29) is 68.8 Å². The Morgan fingerprint density at radius 3 is 2.28 bits per heavy atom. The number of nitrogens with one attached hydrogen (secondary N) is 2. The van der Waals surface area contributed by atoms with Gasteiger partial charge in [-0.05, 0) is 36.4 Å². The molecule has 0 aliphatic rings. The predicted molar refractivity (Wildman–Crippen MR) is 88.4 cm³/mol. The number of anilines is 2. The Morgan fingerprint density at radius 1 is 1.00 bits per heavy atom. The van der Waals surface area contributed by atoms with Crippen LogP contribution >= 0.6 is 0 Å². The van der Waals surface area contributed by atoms with Gasteiger partial charge in [0.25, 0.3) is 0 Å². The molecule has 0 atom stereocenters. The summed E-state index contributed by atoms with van der Waals surface area (Å²) in [5, 5.41) is 2.89. The average Bonchev–Trinajstić information content (AvgIpc) is 2.45. The first-order valence-corrected chi connectivity index (χ1v) is 9.94. The van der Waals surface area contributed by atoms with E-state index in [1.807, 2.05) is 0 Å². The van der Waals surface area contributed by atoms with Crippen molar-refractivity contribution in [2.45, 2.75) is 4.90 Å². The molecule has 0 saturated carbocycles. The number of hydrogen-bond donors (Lipinski definition) is 2. The Morgan fingerprint density at radius 2 is 1.64 bits per heavy atom. The first kappa shape index (κ1) is 22.4. The minimum atomic E-state index is -4.54. The van der Waals surface area contributed by atoms with Gasteiger partial charge >= 0.3 is 51.4 Å². The van der Waals surface area contributed by atoms with Crippen LogP contribution in [0, 0.1) is 0 Å². The van der Waals surface area contributed by atoms with Gasteiger partial charge in [-0.3, -0.25) is 4.72 Å². The minimum Gasteiger partial charge on any atom is -0.744 e. The molecule has 11 heteroatoms. The van der Waals surface area contributed by atoms with Crippen LogP contribution in [0.3, 0.4) is 0 Å². The molecule has 2 aromatic carbocycles. The van der Waals surface area contributed by atoms with Crippen molar-refractivity contribution in [2.24, 2.45) is 0 Å². The van der Waals surface area contributed by atoms with Crippen LogP contribution in [0.1, 0.15) is 0 Å². The second-order valence-electron chi connectivity index (χ2n) is 4.85. The molecular weight excluding hydrogens is 395 g/mol. The number of rotatable bonds is 7. The van der Waals surface area contributed by atoms with Crippen LogP contribution in [0.2, 0.25) is 0 Å². The van der Waals surface area contributed by atoms with Crippen LogP contribution in [0.15, 0.2) is 53.4 Å². The maximum Gasteiger partial charge on any atom is 1.00 e. The van der Waals surface area contributed by atoms with E-state index in [2.05, 4.69) is 10.0 Å². The van der Waals surface area contributed by atoms with Crippen molar-refractivity contribution in [3.8, 4) is 5.75 Å². The maximum atomic E-state index is 11.2. The molecule has 8 nitrogen and oxygen atoms in total. The van der Waals surface area contributed by atoms with Crippen LogP contribution in [0.25, 0.3) is 0 Å².